The number of nitrogens with zero attached hydrogens (tertiary/aromatic N) is 3. The van der Waals surface area contributed by atoms with Crippen LogP contribution in [-0.4, -0.2) is 33.5 Å². The second-order valence-corrected chi connectivity index (χ2v) is 8.55. The monoisotopic (exact) mass is 433 g/mol. The van der Waals surface area contributed by atoms with Crippen LogP contribution in [0.25, 0.3) is 21.9 Å². The van der Waals surface area contributed by atoms with Gasteiger partial charge >= 0.3 is 5.69 Å². The smallest absolute Gasteiger partial charge is 0.331 e. The molecule has 7 heteroatoms. The molecule has 32 heavy (non-hydrogen) atoms. The summed E-state index contributed by atoms with van der Waals surface area (Å²) in [4.78, 5) is 27.3. The highest BCUT2D eigenvalue weighted by atomic mass is 16.5. The zero-order chi connectivity index (χ0) is 22.4. The van der Waals surface area contributed by atoms with E-state index < -0.39 is 0 Å². The maximum atomic E-state index is 13.7. The normalized spacial score (nSPS) is 16.3. The fourth-order valence-corrected chi connectivity index (χ4v) is 4.80. The number of methoxy groups -OCH3 is 1. The van der Waals surface area contributed by atoms with E-state index in [1.54, 1.807) is 11.7 Å². The molecule has 0 aliphatic carbocycles. The summed E-state index contributed by atoms with van der Waals surface area (Å²) in [5, 5.41) is 0.827. The zero-order valence-electron chi connectivity index (χ0n) is 18.6. The number of benzene rings is 2. The molecule has 0 N–H and O–H groups in total. The molecule has 0 amide bonds. The number of aromatic nitrogens is 3. The van der Waals surface area contributed by atoms with Crippen molar-refractivity contribution in [2.75, 3.05) is 13.7 Å². The van der Waals surface area contributed by atoms with E-state index in [0.717, 1.165) is 34.9 Å². The molecule has 1 atom stereocenters. The molecule has 0 spiro atoms. The van der Waals surface area contributed by atoms with E-state index >= 15 is 0 Å². The minimum Gasteiger partial charge on any atom is -0.497 e. The van der Waals surface area contributed by atoms with Crippen molar-refractivity contribution in [1.29, 1.82) is 0 Å². The first kappa shape index (κ1) is 20.6. The molecule has 2 aromatic carbocycles. The number of rotatable bonds is 5. The van der Waals surface area contributed by atoms with Gasteiger partial charge in [-0.15, -0.1) is 0 Å². The zero-order valence-corrected chi connectivity index (χ0v) is 18.6. The summed E-state index contributed by atoms with van der Waals surface area (Å²) < 4.78 is 16.1. The van der Waals surface area contributed by atoms with Crippen LogP contribution in [0.1, 0.15) is 24.0 Å². The Morgan fingerprint density at radius 3 is 2.66 bits per heavy atom. The average molecular weight is 434 g/mol. The first-order chi connectivity index (χ1) is 15.5. The van der Waals surface area contributed by atoms with Gasteiger partial charge in [-0.3, -0.25) is 13.9 Å². The molecule has 3 heterocycles. The molecule has 2 aromatic heterocycles. The number of hydrogen-bond acceptors (Lipinski definition) is 4. The molecule has 166 valence electrons. The summed E-state index contributed by atoms with van der Waals surface area (Å²) in [6, 6.07) is 13.8. The van der Waals surface area contributed by atoms with Gasteiger partial charge in [0.1, 0.15) is 11.3 Å². The van der Waals surface area contributed by atoms with Crippen molar-refractivity contribution >= 4 is 21.9 Å². The molecule has 4 aromatic rings. The van der Waals surface area contributed by atoms with Gasteiger partial charge in [-0.05, 0) is 43.5 Å². The number of fused-ring (bicyclic) bond motifs is 3. The van der Waals surface area contributed by atoms with E-state index in [2.05, 4.69) is 6.07 Å². The molecule has 5 rings (SSSR count). The van der Waals surface area contributed by atoms with Gasteiger partial charge < -0.3 is 14.0 Å². The minimum atomic E-state index is -0.310. The highest BCUT2D eigenvalue weighted by Gasteiger charge is 2.24. The Labute approximate surface area is 185 Å². The van der Waals surface area contributed by atoms with Gasteiger partial charge in [-0.2, -0.15) is 0 Å². The molecule has 1 fully saturated rings. The van der Waals surface area contributed by atoms with E-state index in [4.69, 9.17) is 9.47 Å². The maximum absolute atomic E-state index is 13.7. The number of hydrogen-bond donors (Lipinski definition) is 0. The van der Waals surface area contributed by atoms with Gasteiger partial charge in [-0.1, -0.05) is 29.8 Å². The fourth-order valence-electron chi connectivity index (χ4n) is 4.80. The number of ether oxygens (including phenoxy) is 2. The molecular formula is C25H27N3O4. The van der Waals surface area contributed by atoms with Crippen molar-refractivity contribution < 1.29 is 9.47 Å². The highest BCUT2D eigenvalue weighted by Crippen LogP contribution is 2.29. The lowest BCUT2D eigenvalue weighted by molar-refractivity contribution is 0.0948. The Morgan fingerprint density at radius 1 is 1.09 bits per heavy atom. The van der Waals surface area contributed by atoms with Crippen LogP contribution >= 0.6 is 0 Å². The number of aryl methyl sites for hydroxylation is 2. The quantitative estimate of drug-likeness (QED) is 0.485. The highest BCUT2D eigenvalue weighted by molar-refractivity contribution is 6.06. The molecule has 1 aliphatic heterocycles. The largest absolute Gasteiger partial charge is 0.497 e. The third kappa shape index (κ3) is 3.33. The van der Waals surface area contributed by atoms with Crippen LogP contribution < -0.4 is 16.0 Å². The topological polar surface area (TPSA) is 67.4 Å². The Bertz CT molecular complexity index is 1440. The van der Waals surface area contributed by atoms with Crippen LogP contribution in [0.4, 0.5) is 0 Å². The van der Waals surface area contributed by atoms with Crippen molar-refractivity contribution in [1.82, 2.24) is 13.7 Å². The van der Waals surface area contributed by atoms with E-state index in [1.165, 1.54) is 4.57 Å². The summed E-state index contributed by atoms with van der Waals surface area (Å²) in [5.74, 6) is 0.683. The lowest BCUT2D eigenvalue weighted by Gasteiger charge is -2.16. The second-order valence-electron chi connectivity index (χ2n) is 8.55. The third-order valence-electron chi connectivity index (χ3n) is 6.39. The van der Waals surface area contributed by atoms with Crippen LogP contribution in [0.15, 0.2) is 52.1 Å². The molecule has 0 radical (unpaired) electrons. The molecule has 7 nitrogen and oxygen atoms in total. The molecule has 0 bridgehead atoms. The van der Waals surface area contributed by atoms with E-state index in [-0.39, 0.29) is 23.9 Å². The van der Waals surface area contributed by atoms with Gasteiger partial charge in [0, 0.05) is 19.0 Å². The van der Waals surface area contributed by atoms with Crippen LogP contribution in [0.3, 0.4) is 0 Å². The predicted molar refractivity (Wildman–Crippen MR) is 125 cm³/mol. The van der Waals surface area contributed by atoms with E-state index in [9.17, 15) is 9.59 Å². The third-order valence-corrected chi connectivity index (χ3v) is 6.39. The van der Waals surface area contributed by atoms with Crippen LogP contribution in [0.2, 0.25) is 0 Å². The molecular weight excluding hydrogens is 406 g/mol. The average Bonchev–Trinajstić information content (AvgIpc) is 3.40. The van der Waals surface area contributed by atoms with Gasteiger partial charge in [0.25, 0.3) is 5.56 Å². The predicted octanol–water partition coefficient (Wildman–Crippen LogP) is 3.20. The summed E-state index contributed by atoms with van der Waals surface area (Å²) in [7, 11) is 3.48. The Balaban J connectivity index is 1.83. The fraction of sp³-hybridized carbons (Fsp3) is 0.360. The van der Waals surface area contributed by atoms with Crippen molar-refractivity contribution in [3.05, 3.63) is 74.4 Å². The molecule has 1 saturated heterocycles. The van der Waals surface area contributed by atoms with Crippen LogP contribution in [0.5, 0.6) is 5.75 Å². The van der Waals surface area contributed by atoms with Gasteiger partial charge in [-0.25, -0.2) is 4.79 Å². The Hall–Kier alpha value is -3.32. The summed E-state index contributed by atoms with van der Waals surface area (Å²) in [5.41, 5.74) is 3.58. The summed E-state index contributed by atoms with van der Waals surface area (Å²) >= 11 is 0. The minimum absolute atomic E-state index is 0.111. The van der Waals surface area contributed by atoms with Gasteiger partial charge in [0.15, 0.2) is 0 Å². The van der Waals surface area contributed by atoms with Crippen molar-refractivity contribution in [3.63, 3.8) is 0 Å². The van der Waals surface area contributed by atoms with E-state index in [0.29, 0.717) is 29.9 Å². The van der Waals surface area contributed by atoms with Crippen molar-refractivity contribution in [2.24, 2.45) is 7.05 Å². The standard InChI is InChI=1S/C25H27N3O4/c1-16-6-4-7-17(12-16)14-27-22-20-13-18(31-3)9-10-21(20)26(2)23(22)24(29)28(25(27)30)15-19-8-5-11-32-19/h4,6-7,9-10,12-13,19H,5,8,11,14-15H2,1-3H3. The van der Waals surface area contributed by atoms with Crippen molar-refractivity contribution in [3.8, 4) is 5.75 Å². The van der Waals surface area contributed by atoms with E-state index in [1.807, 2.05) is 54.9 Å². The first-order valence-electron chi connectivity index (χ1n) is 10.9. The Morgan fingerprint density at radius 2 is 1.94 bits per heavy atom. The van der Waals surface area contributed by atoms with Crippen LogP contribution in [-0.2, 0) is 24.9 Å². The maximum Gasteiger partial charge on any atom is 0.331 e. The summed E-state index contributed by atoms with van der Waals surface area (Å²) in [6.45, 7) is 3.35. The molecule has 0 saturated carbocycles. The lowest BCUT2D eigenvalue weighted by Crippen LogP contribution is -2.42. The molecule has 1 unspecified atom stereocenters. The lowest BCUT2D eigenvalue weighted by atomic mass is 10.1. The second kappa shape index (κ2) is 7.98. The summed E-state index contributed by atoms with van der Waals surface area (Å²) in [6.07, 6.45) is 1.70. The van der Waals surface area contributed by atoms with Gasteiger partial charge in [0.05, 0.1) is 37.3 Å². The molecule has 1 aliphatic rings. The first-order valence-corrected chi connectivity index (χ1v) is 10.9. The Kier molecular flexibility index (Phi) is 5.13. The van der Waals surface area contributed by atoms with Gasteiger partial charge in [0.2, 0.25) is 0 Å². The van der Waals surface area contributed by atoms with Crippen molar-refractivity contribution in [2.45, 2.75) is 39.0 Å². The SMILES string of the molecule is COc1ccc2c(c1)c1c(c(=O)n(CC3CCCO3)c(=O)n1Cc1cccc(C)c1)n2C. The van der Waals surface area contributed by atoms with Crippen LogP contribution in [0, 0.1) is 6.92 Å².